The summed E-state index contributed by atoms with van der Waals surface area (Å²) in [5.74, 6) is -3.03. The normalized spacial score (nSPS) is 23.4. The molecule has 3 rings (SSSR count). The molecule has 0 aromatic heterocycles. The van der Waals surface area contributed by atoms with Crippen molar-refractivity contribution >= 4 is 23.9 Å². The molecule has 0 spiro atoms. The van der Waals surface area contributed by atoms with E-state index in [4.69, 9.17) is 18.9 Å². The SMILES string of the molecule is CC(=O)OCC1(O)C(OC(C)=O)C=CC(OC(=O)c2ccccc2)C1OC(=O)c1ccccc1. The number of hydrogen-bond donors (Lipinski definition) is 1. The molecule has 1 N–H and O–H groups in total. The Morgan fingerprint density at radius 1 is 0.765 bits per heavy atom. The van der Waals surface area contributed by atoms with E-state index in [1.54, 1.807) is 36.4 Å². The number of ether oxygens (including phenoxy) is 4. The molecule has 0 fully saturated rings. The van der Waals surface area contributed by atoms with Gasteiger partial charge in [0.15, 0.2) is 23.9 Å². The van der Waals surface area contributed by atoms with E-state index in [1.807, 2.05) is 0 Å². The van der Waals surface area contributed by atoms with E-state index in [0.717, 1.165) is 13.8 Å². The molecule has 178 valence electrons. The number of esters is 4. The smallest absolute Gasteiger partial charge is 0.338 e. The van der Waals surface area contributed by atoms with Gasteiger partial charge in [-0.1, -0.05) is 36.4 Å². The van der Waals surface area contributed by atoms with Crippen LogP contribution in [-0.2, 0) is 28.5 Å². The van der Waals surface area contributed by atoms with Gasteiger partial charge in [0.25, 0.3) is 0 Å². The fourth-order valence-corrected chi connectivity index (χ4v) is 3.42. The summed E-state index contributed by atoms with van der Waals surface area (Å²) < 4.78 is 21.3. The van der Waals surface area contributed by atoms with Gasteiger partial charge in [0, 0.05) is 13.8 Å². The molecule has 2 aromatic carbocycles. The summed E-state index contributed by atoms with van der Waals surface area (Å²) in [7, 11) is 0. The molecule has 0 saturated carbocycles. The summed E-state index contributed by atoms with van der Waals surface area (Å²) in [6.45, 7) is 1.56. The zero-order chi connectivity index (χ0) is 24.7. The molecule has 34 heavy (non-hydrogen) atoms. The van der Waals surface area contributed by atoms with Crippen molar-refractivity contribution in [1.82, 2.24) is 0 Å². The lowest BCUT2D eigenvalue weighted by atomic mass is 9.82. The molecular formula is C25H24O9. The monoisotopic (exact) mass is 468 g/mol. The van der Waals surface area contributed by atoms with Gasteiger partial charge in [-0.15, -0.1) is 0 Å². The lowest BCUT2D eigenvalue weighted by Crippen LogP contribution is -2.64. The quantitative estimate of drug-likeness (QED) is 0.370. The van der Waals surface area contributed by atoms with Crippen molar-refractivity contribution in [2.45, 2.75) is 37.8 Å². The minimum atomic E-state index is -2.25. The highest BCUT2D eigenvalue weighted by molar-refractivity contribution is 5.90. The van der Waals surface area contributed by atoms with Crippen molar-refractivity contribution in [2.24, 2.45) is 0 Å². The Morgan fingerprint density at radius 3 is 1.79 bits per heavy atom. The largest absolute Gasteiger partial charge is 0.462 e. The molecule has 9 nitrogen and oxygen atoms in total. The number of benzene rings is 2. The number of hydrogen-bond acceptors (Lipinski definition) is 9. The van der Waals surface area contributed by atoms with Crippen molar-refractivity contribution in [1.29, 1.82) is 0 Å². The zero-order valence-electron chi connectivity index (χ0n) is 18.6. The van der Waals surface area contributed by atoms with Crippen LogP contribution in [0.4, 0.5) is 0 Å². The molecule has 0 amide bonds. The standard InChI is InChI=1S/C25H24O9/c1-16(26)31-15-25(30)21(32-17(2)27)14-13-20(33-23(28)18-9-5-3-6-10-18)22(25)34-24(29)19-11-7-4-8-12-19/h3-14,20-22,30H,15H2,1-2H3. The molecule has 1 aliphatic rings. The van der Waals surface area contributed by atoms with Gasteiger partial charge in [0.2, 0.25) is 0 Å². The van der Waals surface area contributed by atoms with Crippen LogP contribution in [0.2, 0.25) is 0 Å². The van der Waals surface area contributed by atoms with Gasteiger partial charge < -0.3 is 24.1 Å². The molecule has 0 aliphatic heterocycles. The van der Waals surface area contributed by atoms with Crippen LogP contribution >= 0.6 is 0 Å². The second kappa shape index (κ2) is 10.8. The van der Waals surface area contributed by atoms with Gasteiger partial charge in [0.1, 0.15) is 6.61 Å². The zero-order valence-corrected chi connectivity index (χ0v) is 18.6. The van der Waals surface area contributed by atoms with Gasteiger partial charge in [-0.25, -0.2) is 9.59 Å². The maximum atomic E-state index is 12.9. The summed E-state index contributed by atoms with van der Waals surface area (Å²) in [6.07, 6.45) is -1.58. The van der Waals surface area contributed by atoms with E-state index in [1.165, 1.54) is 36.4 Å². The van der Waals surface area contributed by atoms with Gasteiger partial charge in [-0.2, -0.15) is 0 Å². The van der Waals surface area contributed by atoms with Crippen LogP contribution in [0.15, 0.2) is 72.8 Å². The van der Waals surface area contributed by atoms with Crippen LogP contribution in [0.3, 0.4) is 0 Å². The Labute approximate surface area is 195 Å². The Bertz CT molecular complexity index is 1060. The lowest BCUT2D eigenvalue weighted by Gasteiger charge is -2.43. The van der Waals surface area contributed by atoms with Crippen molar-refractivity contribution in [3.8, 4) is 0 Å². The van der Waals surface area contributed by atoms with Crippen LogP contribution in [0.5, 0.6) is 0 Å². The van der Waals surface area contributed by atoms with E-state index in [0.29, 0.717) is 0 Å². The van der Waals surface area contributed by atoms with E-state index < -0.39 is 54.4 Å². The second-order valence-electron chi connectivity index (χ2n) is 7.61. The highest BCUT2D eigenvalue weighted by atomic mass is 16.6. The van der Waals surface area contributed by atoms with Gasteiger partial charge in [0.05, 0.1) is 11.1 Å². The number of carbonyl (C=O) groups excluding carboxylic acids is 4. The number of carbonyl (C=O) groups is 4. The third kappa shape index (κ3) is 5.87. The maximum absolute atomic E-state index is 12.9. The fraction of sp³-hybridized carbons (Fsp3) is 0.280. The first kappa shape index (κ1) is 24.7. The predicted octanol–water partition coefficient (Wildman–Crippen LogP) is 2.23. The average molecular weight is 468 g/mol. The van der Waals surface area contributed by atoms with Crippen LogP contribution < -0.4 is 0 Å². The Morgan fingerprint density at radius 2 is 1.29 bits per heavy atom. The maximum Gasteiger partial charge on any atom is 0.338 e. The van der Waals surface area contributed by atoms with Gasteiger partial charge in [-0.3, -0.25) is 9.59 Å². The van der Waals surface area contributed by atoms with Gasteiger partial charge >= 0.3 is 23.9 Å². The van der Waals surface area contributed by atoms with Crippen molar-refractivity contribution in [3.05, 3.63) is 83.9 Å². The topological polar surface area (TPSA) is 125 Å². The second-order valence-corrected chi connectivity index (χ2v) is 7.61. The summed E-state index contributed by atoms with van der Waals surface area (Å²) in [6, 6.07) is 16.0. The molecule has 9 heteroatoms. The summed E-state index contributed by atoms with van der Waals surface area (Å²) >= 11 is 0. The molecule has 2 aromatic rings. The van der Waals surface area contributed by atoms with E-state index in [-0.39, 0.29) is 11.1 Å². The third-order valence-electron chi connectivity index (χ3n) is 5.06. The number of rotatable bonds is 7. The first-order valence-corrected chi connectivity index (χ1v) is 10.4. The van der Waals surface area contributed by atoms with E-state index >= 15 is 0 Å². The summed E-state index contributed by atoms with van der Waals surface area (Å²) in [5.41, 5.74) is -1.85. The van der Waals surface area contributed by atoms with Crippen LogP contribution in [0.1, 0.15) is 34.6 Å². The van der Waals surface area contributed by atoms with Gasteiger partial charge in [-0.05, 0) is 36.4 Å². The van der Waals surface area contributed by atoms with Crippen LogP contribution in [-0.4, -0.2) is 59.5 Å². The van der Waals surface area contributed by atoms with E-state index in [9.17, 15) is 24.3 Å². The van der Waals surface area contributed by atoms with Crippen LogP contribution in [0, 0.1) is 0 Å². The molecule has 0 saturated heterocycles. The van der Waals surface area contributed by atoms with Crippen molar-refractivity contribution < 1.29 is 43.2 Å². The van der Waals surface area contributed by atoms with E-state index in [2.05, 4.69) is 0 Å². The van der Waals surface area contributed by atoms with Crippen LogP contribution in [0.25, 0.3) is 0 Å². The Kier molecular flexibility index (Phi) is 7.80. The molecule has 0 bridgehead atoms. The molecule has 4 unspecified atom stereocenters. The average Bonchev–Trinajstić information content (AvgIpc) is 2.82. The minimum absolute atomic E-state index is 0.170. The summed E-state index contributed by atoms with van der Waals surface area (Å²) in [5, 5.41) is 11.6. The lowest BCUT2D eigenvalue weighted by molar-refractivity contribution is -0.206. The first-order chi connectivity index (χ1) is 16.2. The molecule has 1 aliphatic carbocycles. The van der Waals surface area contributed by atoms with Crippen molar-refractivity contribution in [2.75, 3.05) is 6.61 Å². The Hall–Kier alpha value is -3.98. The molecule has 0 heterocycles. The van der Waals surface area contributed by atoms with Crippen molar-refractivity contribution in [3.63, 3.8) is 0 Å². The third-order valence-corrected chi connectivity index (χ3v) is 5.06. The first-order valence-electron chi connectivity index (χ1n) is 10.4. The minimum Gasteiger partial charge on any atom is -0.462 e. The fourth-order valence-electron chi connectivity index (χ4n) is 3.42. The molecular weight excluding hydrogens is 444 g/mol. The highest BCUT2D eigenvalue weighted by Gasteiger charge is 2.55. The molecule has 0 radical (unpaired) electrons. The number of aliphatic hydroxyl groups is 1. The molecule has 4 atom stereocenters. The Balaban J connectivity index is 1.98. The highest BCUT2D eigenvalue weighted by Crippen LogP contribution is 2.33. The predicted molar refractivity (Wildman–Crippen MR) is 118 cm³/mol. The summed E-state index contributed by atoms with van der Waals surface area (Å²) in [4.78, 5) is 48.7.